The van der Waals surface area contributed by atoms with E-state index < -0.39 is 17.5 Å². The van der Waals surface area contributed by atoms with Crippen molar-refractivity contribution in [3.8, 4) is 23.0 Å². The number of rotatable bonds is 8. The molecule has 0 spiro atoms. The van der Waals surface area contributed by atoms with Gasteiger partial charge in [0.15, 0.2) is 5.78 Å². The Balaban J connectivity index is 0.000000675. The zero-order chi connectivity index (χ0) is 25.1. The monoisotopic (exact) mass is 458 g/mol. The zero-order valence-corrected chi connectivity index (χ0v) is 18.6. The molecule has 2 aromatic rings. The van der Waals surface area contributed by atoms with Crippen LogP contribution in [0.4, 0.5) is 0 Å². The first kappa shape index (κ1) is 26.8. The molecule has 0 heterocycles. The molecule has 0 bridgehead atoms. The van der Waals surface area contributed by atoms with Crippen LogP contribution in [0.15, 0.2) is 60.7 Å². The molecule has 0 amide bonds. The normalized spacial score (nSPS) is 9.67. The zero-order valence-electron chi connectivity index (χ0n) is 18.6. The average molecular weight is 458 g/mol. The van der Waals surface area contributed by atoms with E-state index >= 15 is 0 Å². The first-order valence-electron chi connectivity index (χ1n) is 9.56. The van der Waals surface area contributed by atoms with Crippen LogP contribution >= 0.6 is 0 Å². The number of hydrogen-bond donors (Lipinski definition) is 3. The van der Waals surface area contributed by atoms with Gasteiger partial charge in [-0.3, -0.25) is 4.79 Å². The van der Waals surface area contributed by atoms with E-state index in [0.717, 1.165) is 6.07 Å². The maximum Gasteiger partial charge on any atom is 0.333 e. The average Bonchev–Trinajstić information content (AvgIpc) is 2.75. The first-order chi connectivity index (χ1) is 15.5. The highest BCUT2D eigenvalue weighted by molar-refractivity contribution is 6.12. The molecule has 0 aliphatic heterocycles. The molecule has 176 valence electrons. The second kappa shape index (κ2) is 12.6. The van der Waals surface area contributed by atoms with Crippen molar-refractivity contribution in [1.29, 1.82) is 0 Å². The lowest BCUT2D eigenvalue weighted by molar-refractivity contribution is -0.139. The van der Waals surface area contributed by atoms with E-state index in [1.54, 1.807) is 6.92 Å². The summed E-state index contributed by atoms with van der Waals surface area (Å²) in [7, 11) is 1.33. The number of carbonyl (C=O) groups excluding carboxylic acids is 3. The van der Waals surface area contributed by atoms with Gasteiger partial charge in [0.2, 0.25) is 0 Å². The van der Waals surface area contributed by atoms with Crippen LogP contribution in [-0.4, -0.2) is 53.4 Å². The number of methoxy groups -OCH3 is 1. The van der Waals surface area contributed by atoms with E-state index in [9.17, 15) is 29.7 Å². The fourth-order valence-electron chi connectivity index (χ4n) is 2.24. The summed E-state index contributed by atoms with van der Waals surface area (Å²) in [6.45, 7) is 10.0. The molecule has 0 aliphatic carbocycles. The third-order valence-electron chi connectivity index (χ3n) is 3.91. The molecule has 0 atom stereocenters. The summed E-state index contributed by atoms with van der Waals surface area (Å²) in [6.07, 6.45) is 0. The Labute approximate surface area is 191 Å². The number of esters is 2. The molecule has 9 heteroatoms. The summed E-state index contributed by atoms with van der Waals surface area (Å²) in [5.74, 6) is -2.11. The van der Waals surface area contributed by atoms with Gasteiger partial charge in [-0.25, -0.2) is 9.59 Å². The van der Waals surface area contributed by atoms with Gasteiger partial charge >= 0.3 is 11.9 Å². The minimum atomic E-state index is -0.609. The van der Waals surface area contributed by atoms with Crippen LogP contribution < -0.4 is 4.74 Å². The number of phenols is 3. The maximum atomic E-state index is 12.4. The molecule has 0 aliphatic rings. The van der Waals surface area contributed by atoms with Crippen molar-refractivity contribution >= 4 is 17.7 Å². The van der Waals surface area contributed by atoms with Crippen molar-refractivity contribution in [2.75, 3.05) is 20.3 Å². The summed E-state index contributed by atoms with van der Waals surface area (Å²) in [6, 6.07) is 7.60. The van der Waals surface area contributed by atoms with Crippen LogP contribution in [0.1, 0.15) is 29.8 Å². The second-order valence-corrected chi connectivity index (χ2v) is 6.75. The lowest BCUT2D eigenvalue weighted by atomic mass is 10.0. The minimum absolute atomic E-state index is 0.00845. The molecular formula is C24H26O9. The van der Waals surface area contributed by atoms with Crippen molar-refractivity contribution in [3.05, 3.63) is 71.8 Å². The predicted molar refractivity (Wildman–Crippen MR) is 119 cm³/mol. The molecular weight excluding hydrogens is 432 g/mol. The molecule has 2 rings (SSSR count). The molecule has 33 heavy (non-hydrogen) atoms. The fraction of sp³-hybridized carbons (Fsp3) is 0.208. The van der Waals surface area contributed by atoms with E-state index in [4.69, 9.17) is 9.47 Å². The molecule has 9 nitrogen and oxygen atoms in total. The van der Waals surface area contributed by atoms with Gasteiger partial charge in [0.1, 0.15) is 36.2 Å². The van der Waals surface area contributed by atoms with Gasteiger partial charge in [-0.2, -0.15) is 0 Å². The first-order valence-corrected chi connectivity index (χ1v) is 9.56. The molecule has 0 saturated carbocycles. The van der Waals surface area contributed by atoms with Crippen molar-refractivity contribution in [2.24, 2.45) is 0 Å². The summed E-state index contributed by atoms with van der Waals surface area (Å²) in [5.41, 5.74) is 0.621. The largest absolute Gasteiger partial charge is 0.508 e. The van der Waals surface area contributed by atoms with Crippen LogP contribution in [0.2, 0.25) is 0 Å². The number of carbonyl (C=O) groups is 3. The standard InChI is InChI=1S/C19H18O7.C5H8O2/c1-11(2)19(24)26-8-7-25-13-4-6-15(17(22)10-13)18(23)14-5-3-12(20)9-16(14)21;1-4(2)5(6)7-3/h3-6,9-10,20-22H,1,7-8H2,2H3;1H2,2-3H3. The topological polar surface area (TPSA) is 140 Å². The van der Waals surface area contributed by atoms with Gasteiger partial charge in [-0.05, 0) is 38.1 Å². The van der Waals surface area contributed by atoms with Crippen molar-refractivity contribution in [1.82, 2.24) is 0 Å². The molecule has 2 aromatic carbocycles. The summed E-state index contributed by atoms with van der Waals surface area (Å²) in [4.78, 5) is 33.8. The Kier molecular flexibility index (Phi) is 10.2. The number of phenolic OH excluding ortho intramolecular Hbond substituents is 3. The highest BCUT2D eigenvalue weighted by Gasteiger charge is 2.18. The Morgan fingerprint density at radius 1 is 0.818 bits per heavy atom. The van der Waals surface area contributed by atoms with Gasteiger partial charge in [0.05, 0.1) is 18.2 Å². The van der Waals surface area contributed by atoms with E-state index in [2.05, 4.69) is 17.9 Å². The van der Waals surface area contributed by atoms with Crippen LogP contribution in [0.3, 0.4) is 0 Å². The van der Waals surface area contributed by atoms with E-state index in [1.165, 1.54) is 44.4 Å². The van der Waals surface area contributed by atoms with Crippen molar-refractivity contribution < 1.29 is 43.9 Å². The van der Waals surface area contributed by atoms with Gasteiger partial charge in [-0.1, -0.05) is 13.2 Å². The quantitative estimate of drug-likeness (QED) is 0.235. The Morgan fingerprint density at radius 3 is 1.82 bits per heavy atom. The molecule has 3 N–H and O–H groups in total. The Hall–Kier alpha value is -4.27. The predicted octanol–water partition coefficient (Wildman–Crippen LogP) is 3.27. The summed E-state index contributed by atoms with van der Waals surface area (Å²) in [5, 5.41) is 29.1. The van der Waals surface area contributed by atoms with Gasteiger partial charge in [-0.15, -0.1) is 0 Å². The Morgan fingerprint density at radius 2 is 1.36 bits per heavy atom. The summed E-state index contributed by atoms with van der Waals surface area (Å²) >= 11 is 0. The molecule has 0 saturated heterocycles. The van der Waals surface area contributed by atoms with Crippen molar-refractivity contribution in [2.45, 2.75) is 13.8 Å². The SMILES string of the molecule is C=C(C)C(=O)OC.C=C(C)C(=O)OCCOc1ccc(C(=O)c2ccc(O)cc2O)c(O)c1. The second-order valence-electron chi connectivity index (χ2n) is 6.75. The lowest BCUT2D eigenvalue weighted by Gasteiger charge is -2.10. The lowest BCUT2D eigenvalue weighted by Crippen LogP contribution is -2.12. The van der Waals surface area contributed by atoms with Gasteiger partial charge in [0, 0.05) is 23.3 Å². The van der Waals surface area contributed by atoms with E-state index in [-0.39, 0.29) is 53.1 Å². The van der Waals surface area contributed by atoms with Crippen LogP contribution in [-0.2, 0) is 19.1 Å². The molecule has 0 fully saturated rings. The number of benzene rings is 2. The number of ether oxygens (including phenoxy) is 3. The van der Waals surface area contributed by atoms with Crippen LogP contribution in [0.25, 0.3) is 0 Å². The molecule has 0 unspecified atom stereocenters. The van der Waals surface area contributed by atoms with Crippen molar-refractivity contribution in [3.63, 3.8) is 0 Å². The third kappa shape index (κ3) is 8.41. The molecule has 0 radical (unpaired) electrons. The number of ketones is 1. The van der Waals surface area contributed by atoms with Gasteiger partial charge in [0.25, 0.3) is 0 Å². The van der Waals surface area contributed by atoms with Crippen LogP contribution in [0, 0.1) is 0 Å². The fourth-order valence-corrected chi connectivity index (χ4v) is 2.24. The van der Waals surface area contributed by atoms with Crippen LogP contribution in [0.5, 0.6) is 23.0 Å². The smallest absolute Gasteiger partial charge is 0.333 e. The number of aromatic hydroxyl groups is 3. The van der Waals surface area contributed by atoms with E-state index in [0.29, 0.717) is 5.57 Å². The highest BCUT2D eigenvalue weighted by Crippen LogP contribution is 2.30. The van der Waals surface area contributed by atoms with E-state index in [1.807, 2.05) is 0 Å². The summed E-state index contributed by atoms with van der Waals surface area (Å²) < 4.78 is 14.5. The minimum Gasteiger partial charge on any atom is -0.508 e. The van der Waals surface area contributed by atoms with Gasteiger partial charge < -0.3 is 29.5 Å². The molecule has 0 aromatic heterocycles. The third-order valence-corrected chi connectivity index (χ3v) is 3.91. The Bertz CT molecular complexity index is 1050. The maximum absolute atomic E-state index is 12.4. The number of hydrogen-bond acceptors (Lipinski definition) is 9. The highest BCUT2D eigenvalue weighted by atomic mass is 16.6.